The Morgan fingerprint density at radius 3 is 2.78 bits per heavy atom. The van der Waals surface area contributed by atoms with Gasteiger partial charge in [0.15, 0.2) is 0 Å². The van der Waals surface area contributed by atoms with E-state index in [4.69, 9.17) is 5.26 Å². The van der Waals surface area contributed by atoms with Crippen molar-refractivity contribution in [3.8, 4) is 17.3 Å². The number of hydrogen-bond acceptors (Lipinski definition) is 7. The molecule has 3 N–H and O–H groups in total. The summed E-state index contributed by atoms with van der Waals surface area (Å²) in [5.74, 6) is -1.43. The maximum Gasteiger partial charge on any atom is 0.341 e. The standard InChI is InChI=1S/C11H9N5O4.C2H7N/c1-20-11(19)7-5-16(15-8(17)2-3-12)4-6-9(7)13-14-10(6)18;1-3-2/h4-5H,2H2,1H3,(H,14,18)(H,15,17);3H,1-2H3. The number of nitrogens with one attached hydrogen (secondary N) is 1. The van der Waals surface area contributed by atoms with E-state index in [1.165, 1.54) is 19.5 Å². The lowest BCUT2D eigenvalue weighted by molar-refractivity contribution is -0.597. The minimum atomic E-state index is -0.723. The average molecular weight is 320 g/mol. The lowest BCUT2D eigenvalue weighted by atomic mass is 10.1. The Morgan fingerprint density at radius 1 is 1.57 bits per heavy atom. The first-order chi connectivity index (χ1) is 11.0. The zero-order chi connectivity index (χ0) is 17.4. The number of H-pyrrole nitrogens is 1. The Labute approximate surface area is 131 Å². The number of fused-ring (bicyclic) bond motifs is 1. The van der Waals surface area contributed by atoms with E-state index in [1.807, 2.05) is 19.4 Å². The smallest absolute Gasteiger partial charge is 0.341 e. The van der Waals surface area contributed by atoms with Gasteiger partial charge in [-0.1, -0.05) is 0 Å². The summed E-state index contributed by atoms with van der Waals surface area (Å²) in [7, 11) is 5.17. The predicted octanol–water partition coefficient (Wildman–Crippen LogP) is -2.29. The maximum absolute atomic E-state index is 11.6. The van der Waals surface area contributed by atoms with Crippen molar-refractivity contribution < 1.29 is 20.0 Å². The number of nitrogens with two attached hydrogens (primary N) is 1. The van der Waals surface area contributed by atoms with Gasteiger partial charge in [-0.15, -0.1) is 0 Å². The molecule has 10 heteroatoms. The van der Waals surface area contributed by atoms with Crippen molar-refractivity contribution >= 4 is 11.9 Å². The SMILES string of the molecule is COC(=O)c1cn(/N=C(\[O-])CC#N)cc2c(=O)[nH]nc1-2.C[NH2+]C. The highest BCUT2D eigenvalue weighted by molar-refractivity contribution is 5.96. The van der Waals surface area contributed by atoms with Crippen LogP contribution in [0.4, 0.5) is 0 Å². The number of aromatic nitrogens is 3. The first-order valence-corrected chi connectivity index (χ1v) is 6.52. The molecule has 23 heavy (non-hydrogen) atoms. The molecule has 0 aliphatic carbocycles. The summed E-state index contributed by atoms with van der Waals surface area (Å²) in [6.45, 7) is 0. The largest absolute Gasteiger partial charge is 0.860 e. The molecule has 2 heterocycles. The van der Waals surface area contributed by atoms with Crippen LogP contribution in [0.1, 0.15) is 16.8 Å². The molecule has 0 amide bonds. The van der Waals surface area contributed by atoms with Crippen LogP contribution in [0.5, 0.6) is 0 Å². The highest BCUT2D eigenvalue weighted by Gasteiger charge is 2.21. The van der Waals surface area contributed by atoms with Crippen molar-refractivity contribution in [2.75, 3.05) is 21.2 Å². The molecule has 2 aliphatic heterocycles. The third-order valence-electron chi connectivity index (χ3n) is 2.41. The number of quaternary nitrogens is 1. The second-order valence-electron chi connectivity index (χ2n) is 4.26. The van der Waals surface area contributed by atoms with Gasteiger partial charge < -0.3 is 15.2 Å². The van der Waals surface area contributed by atoms with Crippen molar-refractivity contribution in [3.63, 3.8) is 0 Å². The van der Waals surface area contributed by atoms with Gasteiger partial charge in [0.2, 0.25) is 0 Å². The third kappa shape index (κ3) is 4.39. The van der Waals surface area contributed by atoms with Crippen molar-refractivity contribution in [3.05, 3.63) is 28.3 Å². The van der Waals surface area contributed by atoms with Crippen LogP contribution >= 0.6 is 0 Å². The molecule has 0 fully saturated rings. The molecule has 0 atom stereocenters. The molecule has 0 aromatic carbocycles. The fourth-order valence-electron chi connectivity index (χ4n) is 1.57. The van der Waals surface area contributed by atoms with Gasteiger partial charge in [0.25, 0.3) is 5.56 Å². The highest BCUT2D eigenvalue weighted by Crippen LogP contribution is 2.20. The number of nitriles is 1. The third-order valence-corrected chi connectivity index (χ3v) is 2.41. The molecule has 0 aromatic heterocycles. The average Bonchev–Trinajstić information content (AvgIpc) is 2.88. The molecule has 0 unspecified atom stereocenters. The molecular formula is C13H16N6O4. The van der Waals surface area contributed by atoms with Crippen LogP contribution in [0, 0.1) is 11.3 Å². The number of hydrogen-bond donors (Lipinski definition) is 2. The first kappa shape index (κ1) is 17.9. The molecule has 0 saturated heterocycles. The lowest BCUT2D eigenvalue weighted by Gasteiger charge is -2.10. The van der Waals surface area contributed by atoms with Gasteiger partial charge >= 0.3 is 5.97 Å². The Morgan fingerprint density at radius 2 is 2.22 bits per heavy atom. The Kier molecular flexibility index (Phi) is 6.45. The van der Waals surface area contributed by atoms with Crippen LogP contribution in [0.2, 0.25) is 0 Å². The summed E-state index contributed by atoms with van der Waals surface area (Å²) in [5, 5.41) is 31.2. The molecule has 2 aliphatic rings. The van der Waals surface area contributed by atoms with Crippen molar-refractivity contribution in [2.45, 2.75) is 6.42 Å². The molecule has 0 aromatic rings. The molecule has 2 rings (SSSR count). The summed E-state index contributed by atoms with van der Waals surface area (Å²) in [5.41, 5.74) is -0.332. The number of carbonyl (C=O) groups is 1. The number of nitrogens with zero attached hydrogens (tertiary/aromatic N) is 4. The number of aromatic amines is 1. The van der Waals surface area contributed by atoms with Crippen LogP contribution < -0.4 is 16.0 Å². The summed E-state index contributed by atoms with van der Waals surface area (Å²) < 4.78 is 5.57. The molecule has 122 valence electrons. The number of esters is 1. The van der Waals surface area contributed by atoms with Gasteiger partial charge in [-0.2, -0.15) is 15.5 Å². The minimum Gasteiger partial charge on any atom is -0.860 e. The van der Waals surface area contributed by atoms with E-state index in [2.05, 4.69) is 20.0 Å². The maximum atomic E-state index is 11.6. The fraction of sp³-hybridized carbons (Fsp3) is 0.308. The molecule has 0 bridgehead atoms. The second kappa shape index (κ2) is 8.30. The monoisotopic (exact) mass is 320 g/mol. The number of methoxy groups -OCH3 is 1. The first-order valence-electron chi connectivity index (χ1n) is 6.52. The quantitative estimate of drug-likeness (QED) is 0.368. The zero-order valence-electron chi connectivity index (χ0n) is 12.9. The van der Waals surface area contributed by atoms with Crippen molar-refractivity contribution in [1.82, 2.24) is 14.9 Å². The van der Waals surface area contributed by atoms with Gasteiger partial charge in [-0.3, -0.25) is 4.79 Å². The van der Waals surface area contributed by atoms with Gasteiger partial charge in [0.1, 0.15) is 11.3 Å². The molecule has 0 radical (unpaired) electrons. The number of carbonyl (C=O) groups excluding carboxylic acids is 1. The Hall–Kier alpha value is -3.19. The van der Waals surface area contributed by atoms with E-state index in [9.17, 15) is 14.7 Å². The molecule has 10 nitrogen and oxygen atoms in total. The summed E-state index contributed by atoms with van der Waals surface area (Å²) in [4.78, 5) is 23.2. The number of rotatable bonds is 3. The van der Waals surface area contributed by atoms with E-state index in [-0.39, 0.29) is 16.8 Å². The highest BCUT2D eigenvalue weighted by atomic mass is 16.5. The fourth-order valence-corrected chi connectivity index (χ4v) is 1.57. The van der Waals surface area contributed by atoms with Crippen LogP contribution in [0.15, 0.2) is 22.3 Å². The van der Waals surface area contributed by atoms with E-state index in [0.29, 0.717) is 0 Å². The minimum absolute atomic E-state index is 0.0168. The van der Waals surface area contributed by atoms with Gasteiger partial charge in [0.05, 0.1) is 39.3 Å². The second-order valence-corrected chi connectivity index (χ2v) is 4.26. The van der Waals surface area contributed by atoms with Gasteiger partial charge in [0, 0.05) is 12.4 Å². The van der Waals surface area contributed by atoms with E-state index < -0.39 is 23.8 Å². The Balaban J connectivity index is 0.000000816. The summed E-state index contributed by atoms with van der Waals surface area (Å²) >= 11 is 0. The Bertz CT molecular complexity index is 770. The van der Waals surface area contributed by atoms with Gasteiger partial charge in [-0.05, 0) is 5.90 Å². The van der Waals surface area contributed by atoms with Crippen LogP contribution in [-0.2, 0) is 4.74 Å². The van der Waals surface area contributed by atoms with Crippen LogP contribution in [0.3, 0.4) is 0 Å². The molecule has 0 spiro atoms. The van der Waals surface area contributed by atoms with Crippen molar-refractivity contribution in [2.24, 2.45) is 5.10 Å². The van der Waals surface area contributed by atoms with Crippen LogP contribution in [-0.4, -0.2) is 47.9 Å². The predicted molar refractivity (Wildman–Crippen MR) is 77.6 cm³/mol. The van der Waals surface area contributed by atoms with E-state index >= 15 is 0 Å². The lowest BCUT2D eigenvalue weighted by Crippen LogP contribution is -2.74. The summed E-state index contributed by atoms with van der Waals surface area (Å²) in [6.07, 6.45) is 2.03. The van der Waals surface area contributed by atoms with Crippen molar-refractivity contribution in [1.29, 1.82) is 5.26 Å². The molecule has 0 saturated carbocycles. The topological polar surface area (TPSA) is 153 Å². The van der Waals surface area contributed by atoms with Gasteiger partial charge in [-0.25, -0.2) is 14.6 Å². The number of ether oxygens (including phenoxy) is 1. The van der Waals surface area contributed by atoms with Crippen LogP contribution in [0.25, 0.3) is 11.3 Å². The zero-order valence-corrected chi connectivity index (χ0v) is 12.9. The van der Waals surface area contributed by atoms with E-state index in [1.54, 1.807) is 6.07 Å². The normalized spacial score (nSPS) is 10.6. The number of pyridine rings is 1. The summed E-state index contributed by atoms with van der Waals surface area (Å²) in [6, 6.07) is 1.65. The molecular weight excluding hydrogens is 304 g/mol. The van der Waals surface area contributed by atoms with E-state index in [0.717, 1.165) is 4.68 Å².